The van der Waals surface area contributed by atoms with Crippen molar-refractivity contribution in [2.75, 3.05) is 13.2 Å². The van der Waals surface area contributed by atoms with Gasteiger partial charge < -0.3 is 15.2 Å². The fourth-order valence-corrected chi connectivity index (χ4v) is 1.84. The molecule has 0 aliphatic heterocycles. The number of aliphatic hydroxyl groups excluding tert-OH is 1. The molecular formula is C14H20N2O5. The lowest BCUT2D eigenvalue weighted by atomic mass is 10.0. The number of nitrogens with zero attached hydrogens (tertiary/aromatic N) is 1. The molecule has 0 radical (unpaired) electrons. The van der Waals surface area contributed by atoms with Crippen LogP contribution in [0.15, 0.2) is 18.2 Å². The molecule has 1 atom stereocenters. The maximum atomic E-state index is 12.3. The lowest BCUT2D eigenvalue weighted by molar-refractivity contribution is -0.385. The van der Waals surface area contributed by atoms with Gasteiger partial charge in [0.15, 0.2) is 5.56 Å². The predicted octanol–water partition coefficient (Wildman–Crippen LogP) is 1.74. The van der Waals surface area contributed by atoms with Crippen LogP contribution < -0.4 is 10.1 Å². The Labute approximate surface area is 123 Å². The first-order chi connectivity index (χ1) is 9.92. The lowest BCUT2D eigenvalue weighted by Gasteiger charge is -2.20. The summed E-state index contributed by atoms with van der Waals surface area (Å²) in [5, 5.41) is 23.0. The topological polar surface area (TPSA) is 102 Å². The Morgan fingerprint density at radius 2 is 2.14 bits per heavy atom. The molecule has 0 saturated heterocycles. The van der Waals surface area contributed by atoms with Crippen LogP contribution in [-0.4, -0.2) is 35.2 Å². The van der Waals surface area contributed by atoms with Gasteiger partial charge in [-0.15, -0.1) is 0 Å². The van der Waals surface area contributed by atoms with Crippen molar-refractivity contribution in [3.05, 3.63) is 33.9 Å². The number of hydrogen-bond acceptors (Lipinski definition) is 5. The summed E-state index contributed by atoms with van der Waals surface area (Å²) in [6.07, 6.45) is 0. The van der Waals surface area contributed by atoms with Crippen molar-refractivity contribution in [2.24, 2.45) is 5.92 Å². The molecule has 21 heavy (non-hydrogen) atoms. The van der Waals surface area contributed by atoms with Crippen molar-refractivity contribution in [1.29, 1.82) is 0 Å². The predicted molar refractivity (Wildman–Crippen MR) is 77.4 cm³/mol. The minimum atomic E-state index is -0.626. The van der Waals surface area contributed by atoms with E-state index in [1.165, 1.54) is 18.2 Å². The standard InChI is InChI=1S/C14H20N2O5/c1-4-21-12-7-5-6-11(16(19)20)13(12)14(18)15-10(8-17)9(2)3/h5-7,9-10,17H,4,8H2,1-3H3,(H,15,18)/t10-/m1/s1. The van der Waals surface area contributed by atoms with Gasteiger partial charge in [0, 0.05) is 6.07 Å². The van der Waals surface area contributed by atoms with Gasteiger partial charge in [-0.1, -0.05) is 19.9 Å². The fraction of sp³-hybridized carbons (Fsp3) is 0.500. The molecule has 0 spiro atoms. The maximum Gasteiger partial charge on any atom is 0.285 e. The van der Waals surface area contributed by atoms with Crippen LogP contribution >= 0.6 is 0 Å². The van der Waals surface area contributed by atoms with Gasteiger partial charge in [0.2, 0.25) is 0 Å². The maximum absolute atomic E-state index is 12.3. The lowest BCUT2D eigenvalue weighted by Crippen LogP contribution is -2.41. The smallest absolute Gasteiger partial charge is 0.285 e. The van der Waals surface area contributed by atoms with Crippen LogP contribution in [0.2, 0.25) is 0 Å². The fourth-order valence-electron chi connectivity index (χ4n) is 1.84. The van der Waals surface area contributed by atoms with E-state index in [2.05, 4.69) is 5.32 Å². The largest absolute Gasteiger partial charge is 0.493 e. The number of nitro benzene ring substituents is 1. The third-order valence-electron chi connectivity index (χ3n) is 3.05. The highest BCUT2D eigenvalue weighted by atomic mass is 16.6. The summed E-state index contributed by atoms with van der Waals surface area (Å²) in [7, 11) is 0. The third-order valence-corrected chi connectivity index (χ3v) is 3.05. The average Bonchev–Trinajstić information content (AvgIpc) is 2.44. The first-order valence-electron chi connectivity index (χ1n) is 6.74. The minimum Gasteiger partial charge on any atom is -0.493 e. The molecule has 1 rings (SSSR count). The summed E-state index contributed by atoms with van der Waals surface area (Å²) in [6, 6.07) is 3.74. The van der Waals surface area contributed by atoms with Crippen LogP contribution in [0, 0.1) is 16.0 Å². The Hall–Kier alpha value is -2.15. The second-order valence-corrected chi connectivity index (χ2v) is 4.85. The summed E-state index contributed by atoms with van der Waals surface area (Å²) in [6.45, 7) is 5.45. The Kier molecular flexibility index (Phi) is 6.10. The molecule has 1 aromatic carbocycles. The Bertz CT molecular complexity index is 516. The zero-order valence-electron chi connectivity index (χ0n) is 12.3. The summed E-state index contributed by atoms with van der Waals surface area (Å²) in [5.74, 6) is -0.472. The first-order valence-corrected chi connectivity index (χ1v) is 6.74. The van der Waals surface area contributed by atoms with Crippen molar-refractivity contribution in [2.45, 2.75) is 26.8 Å². The van der Waals surface area contributed by atoms with E-state index in [1.807, 2.05) is 13.8 Å². The molecule has 7 nitrogen and oxygen atoms in total. The van der Waals surface area contributed by atoms with Gasteiger partial charge in [-0.3, -0.25) is 14.9 Å². The minimum absolute atomic E-state index is 0.00254. The molecule has 1 aromatic rings. The highest BCUT2D eigenvalue weighted by molar-refractivity contribution is 6.01. The van der Waals surface area contributed by atoms with Gasteiger partial charge in [0.1, 0.15) is 5.75 Å². The molecular weight excluding hydrogens is 276 g/mol. The number of ether oxygens (including phenoxy) is 1. The van der Waals surface area contributed by atoms with E-state index in [0.29, 0.717) is 0 Å². The van der Waals surface area contributed by atoms with Crippen LogP contribution in [0.1, 0.15) is 31.1 Å². The van der Waals surface area contributed by atoms with E-state index in [1.54, 1.807) is 6.92 Å². The van der Waals surface area contributed by atoms with E-state index < -0.39 is 16.9 Å². The number of nitrogens with one attached hydrogen (secondary N) is 1. The quantitative estimate of drug-likeness (QED) is 0.589. The molecule has 1 amide bonds. The Morgan fingerprint density at radius 1 is 1.48 bits per heavy atom. The number of rotatable bonds is 7. The molecule has 0 aromatic heterocycles. The second kappa shape index (κ2) is 7.58. The van der Waals surface area contributed by atoms with Crippen LogP contribution in [0.4, 0.5) is 5.69 Å². The number of carbonyl (C=O) groups excluding carboxylic acids is 1. The highest BCUT2D eigenvalue weighted by Gasteiger charge is 2.27. The molecule has 7 heteroatoms. The first kappa shape index (κ1) is 16.9. The van der Waals surface area contributed by atoms with E-state index in [9.17, 15) is 20.0 Å². The van der Waals surface area contributed by atoms with Crippen LogP contribution in [0.25, 0.3) is 0 Å². The van der Waals surface area contributed by atoms with E-state index in [0.717, 1.165) is 0 Å². The normalized spacial score (nSPS) is 12.0. The van der Waals surface area contributed by atoms with E-state index in [4.69, 9.17) is 4.74 Å². The summed E-state index contributed by atoms with van der Waals surface area (Å²) < 4.78 is 5.30. The number of hydrogen-bond donors (Lipinski definition) is 2. The average molecular weight is 296 g/mol. The summed E-state index contributed by atoms with van der Waals surface area (Å²) in [4.78, 5) is 22.8. The molecule has 0 bridgehead atoms. The van der Waals surface area contributed by atoms with Crippen molar-refractivity contribution >= 4 is 11.6 Å². The number of aliphatic hydroxyl groups is 1. The molecule has 0 saturated carbocycles. The zero-order chi connectivity index (χ0) is 16.0. The van der Waals surface area contributed by atoms with Crippen LogP contribution in [0.3, 0.4) is 0 Å². The molecule has 0 heterocycles. The van der Waals surface area contributed by atoms with Gasteiger partial charge in [-0.25, -0.2) is 0 Å². The molecule has 116 valence electrons. The third kappa shape index (κ3) is 4.16. The number of carbonyl (C=O) groups is 1. The Balaban J connectivity index is 3.19. The van der Waals surface area contributed by atoms with Crippen LogP contribution in [-0.2, 0) is 0 Å². The SMILES string of the molecule is CCOc1cccc([N+](=O)[O-])c1C(=O)N[C@H](CO)C(C)C. The Morgan fingerprint density at radius 3 is 2.62 bits per heavy atom. The van der Waals surface area contributed by atoms with Gasteiger partial charge in [0.25, 0.3) is 11.6 Å². The van der Waals surface area contributed by atoms with Crippen molar-refractivity contribution < 1.29 is 19.6 Å². The monoisotopic (exact) mass is 296 g/mol. The molecule has 2 N–H and O–H groups in total. The molecule has 0 unspecified atom stereocenters. The number of benzene rings is 1. The van der Waals surface area contributed by atoms with Crippen molar-refractivity contribution in [3.8, 4) is 5.75 Å². The molecule has 0 fully saturated rings. The zero-order valence-corrected chi connectivity index (χ0v) is 12.3. The summed E-state index contributed by atoms with van der Waals surface area (Å²) >= 11 is 0. The molecule has 0 aliphatic carbocycles. The number of nitro groups is 1. The summed E-state index contributed by atoms with van der Waals surface area (Å²) in [5.41, 5.74) is -0.442. The second-order valence-electron chi connectivity index (χ2n) is 4.85. The van der Waals surface area contributed by atoms with Crippen molar-refractivity contribution in [1.82, 2.24) is 5.32 Å². The highest BCUT2D eigenvalue weighted by Crippen LogP contribution is 2.28. The van der Waals surface area contributed by atoms with Crippen molar-refractivity contribution in [3.63, 3.8) is 0 Å². The van der Waals surface area contributed by atoms with Gasteiger partial charge in [0.05, 0.1) is 24.2 Å². The molecule has 0 aliphatic rings. The van der Waals surface area contributed by atoms with E-state index >= 15 is 0 Å². The van der Waals surface area contributed by atoms with Gasteiger partial charge in [-0.2, -0.15) is 0 Å². The van der Waals surface area contributed by atoms with Gasteiger partial charge in [-0.05, 0) is 18.9 Å². The van der Waals surface area contributed by atoms with Gasteiger partial charge >= 0.3 is 0 Å². The van der Waals surface area contributed by atoms with Crippen LogP contribution in [0.5, 0.6) is 5.75 Å². The van der Waals surface area contributed by atoms with E-state index in [-0.39, 0.29) is 36.1 Å². The number of amides is 1.